The number of para-hydroxylation sites is 2. The van der Waals surface area contributed by atoms with Crippen molar-refractivity contribution in [3.8, 4) is 5.95 Å². The van der Waals surface area contributed by atoms with Gasteiger partial charge >= 0.3 is 0 Å². The summed E-state index contributed by atoms with van der Waals surface area (Å²) in [7, 11) is 0. The van der Waals surface area contributed by atoms with Gasteiger partial charge in [-0.25, -0.2) is 15.0 Å². The highest BCUT2D eigenvalue weighted by Crippen LogP contribution is 2.18. The highest BCUT2D eigenvalue weighted by atomic mass is 15.2. The summed E-state index contributed by atoms with van der Waals surface area (Å²) >= 11 is 0. The first-order valence-electron chi connectivity index (χ1n) is 5.50. The molecule has 0 bridgehead atoms. The highest BCUT2D eigenvalue weighted by Gasteiger charge is 2.10. The maximum absolute atomic E-state index is 4.50. The standard InChI is InChI=1S/C13H12N4/c1-9-7-8-14-13(15-9)17-10(2)16-11-5-3-4-6-12(11)17/h3-8H,1-2H3. The maximum atomic E-state index is 4.50. The molecule has 0 amide bonds. The smallest absolute Gasteiger partial charge is 0.235 e. The van der Waals surface area contributed by atoms with Crippen molar-refractivity contribution in [1.29, 1.82) is 0 Å². The van der Waals surface area contributed by atoms with Gasteiger partial charge in [0.25, 0.3) is 0 Å². The second-order valence-corrected chi connectivity index (χ2v) is 3.98. The SMILES string of the molecule is Cc1ccnc(-n2c(C)nc3ccccc32)n1. The Morgan fingerprint density at radius 1 is 1.00 bits per heavy atom. The molecule has 0 atom stereocenters. The molecule has 0 unspecified atom stereocenters. The summed E-state index contributed by atoms with van der Waals surface area (Å²) in [6.07, 6.45) is 1.77. The second kappa shape index (κ2) is 3.66. The summed E-state index contributed by atoms with van der Waals surface area (Å²) in [5.74, 6) is 1.58. The predicted octanol–water partition coefficient (Wildman–Crippen LogP) is 2.43. The highest BCUT2D eigenvalue weighted by molar-refractivity contribution is 5.77. The van der Waals surface area contributed by atoms with Crippen LogP contribution in [-0.4, -0.2) is 19.5 Å². The Bertz CT molecular complexity index is 685. The molecule has 17 heavy (non-hydrogen) atoms. The van der Waals surface area contributed by atoms with Crippen LogP contribution in [0.2, 0.25) is 0 Å². The van der Waals surface area contributed by atoms with E-state index in [9.17, 15) is 0 Å². The van der Waals surface area contributed by atoms with E-state index >= 15 is 0 Å². The Morgan fingerprint density at radius 2 is 1.82 bits per heavy atom. The molecule has 0 fully saturated rings. The molecule has 0 radical (unpaired) electrons. The van der Waals surface area contributed by atoms with Crippen LogP contribution in [0.1, 0.15) is 11.5 Å². The lowest BCUT2D eigenvalue weighted by Crippen LogP contribution is -2.03. The second-order valence-electron chi connectivity index (χ2n) is 3.98. The van der Waals surface area contributed by atoms with Gasteiger partial charge in [0, 0.05) is 11.9 Å². The Kier molecular flexibility index (Phi) is 2.14. The minimum absolute atomic E-state index is 0.677. The summed E-state index contributed by atoms with van der Waals surface area (Å²) < 4.78 is 1.97. The van der Waals surface area contributed by atoms with Gasteiger partial charge in [-0.1, -0.05) is 12.1 Å². The van der Waals surface area contributed by atoms with Gasteiger partial charge in [-0.2, -0.15) is 0 Å². The third-order valence-electron chi connectivity index (χ3n) is 2.71. The average Bonchev–Trinajstić information content (AvgIpc) is 2.64. The molecule has 0 saturated heterocycles. The number of nitrogens with zero attached hydrogens (tertiary/aromatic N) is 4. The fraction of sp³-hybridized carbons (Fsp3) is 0.154. The molecule has 0 aliphatic carbocycles. The lowest BCUT2D eigenvalue weighted by molar-refractivity contribution is 0.891. The first-order valence-corrected chi connectivity index (χ1v) is 5.50. The normalized spacial score (nSPS) is 10.9. The molecule has 0 N–H and O–H groups in total. The van der Waals surface area contributed by atoms with Gasteiger partial charge in [0.2, 0.25) is 5.95 Å². The van der Waals surface area contributed by atoms with Crippen LogP contribution in [0.15, 0.2) is 36.5 Å². The molecule has 1 aromatic carbocycles. The van der Waals surface area contributed by atoms with Crippen molar-refractivity contribution < 1.29 is 0 Å². The van der Waals surface area contributed by atoms with E-state index in [-0.39, 0.29) is 0 Å². The molecule has 84 valence electrons. The van der Waals surface area contributed by atoms with Gasteiger partial charge in [0.15, 0.2) is 0 Å². The van der Waals surface area contributed by atoms with E-state index in [2.05, 4.69) is 15.0 Å². The molecule has 2 heterocycles. The topological polar surface area (TPSA) is 43.6 Å². The zero-order chi connectivity index (χ0) is 11.8. The van der Waals surface area contributed by atoms with Crippen molar-refractivity contribution >= 4 is 11.0 Å². The van der Waals surface area contributed by atoms with Crippen molar-refractivity contribution in [1.82, 2.24) is 19.5 Å². The third kappa shape index (κ3) is 1.58. The van der Waals surface area contributed by atoms with Crippen LogP contribution in [0.25, 0.3) is 17.0 Å². The Labute approximate surface area is 99.0 Å². The zero-order valence-electron chi connectivity index (χ0n) is 9.75. The predicted molar refractivity (Wildman–Crippen MR) is 66.1 cm³/mol. The average molecular weight is 224 g/mol. The van der Waals surface area contributed by atoms with Gasteiger partial charge in [-0.3, -0.25) is 4.57 Å². The van der Waals surface area contributed by atoms with Gasteiger partial charge in [-0.15, -0.1) is 0 Å². The largest absolute Gasteiger partial charge is 0.264 e. The van der Waals surface area contributed by atoms with E-state index in [0.717, 1.165) is 22.6 Å². The maximum Gasteiger partial charge on any atom is 0.235 e. The summed E-state index contributed by atoms with van der Waals surface area (Å²) in [5.41, 5.74) is 2.96. The molecule has 0 spiro atoms. The molecule has 2 aromatic heterocycles. The molecule has 4 nitrogen and oxygen atoms in total. The molecule has 3 aromatic rings. The van der Waals surface area contributed by atoms with Crippen LogP contribution in [-0.2, 0) is 0 Å². The van der Waals surface area contributed by atoms with Crippen LogP contribution in [0.5, 0.6) is 0 Å². The van der Waals surface area contributed by atoms with Crippen molar-refractivity contribution in [3.05, 3.63) is 48.0 Å². The minimum atomic E-state index is 0.677. The van der Waals surface area contributed by atoms with E-state index in [1.165, 1.54) is 0 Å². The van der Waals surface area contributed by atoms with Gasteiger partial charge in [0.1, 0.15) is 5.82 Å². The number of benzene rings is 1. The fourth-order valence-corrected chi connectivity index (χ4v) is 1.94. The van der Waals surface area contributed by atoms with Crippen molar-refractivity contribution in [3.63, 3.8) is 0 Å². The minimum Gasteiger partial charge on any atom is -0.264 e. The van der Waals surface area contributed by atoms with Crippen molar-refractivity contribution in [2.75, 3.05) is 0 Å². The number of aryl methyl sites for hydroxylation is 2. The molecule has 4 heteroatoms. The monoisotopic (exact) mass is 224 g/mol. The van der Waals surface area contributed by atoms with Crippen LogP contribution in [0, 0.1) is 13.8 Å². The zero-order valence-corrected chi connectivity index (χ0v) is 9.75. The van der Waals surface area contributed by atoms with E-state index < -0.39 is 0 Å². The quantitative estimate of drug-likeness (QED) is 0.637. The molecular formula is C13H12N4. The van der Waals surface area contributed by atoms with Gasteiger partial charge in [-0.05, 0) is 32.0 Å². The van der Waals surface area contributed by atoms with E-state index in [1.807, 2.05) is 48.7 Å². The van der Waals surface area contributed by atoms with Crippen LogP contribution in [0.3, 0.4) is 0 Å². The van der Waals surface area contributed by atoms with Crippen LogP contribution >= 0.6 is 0 Å². The molecule has 0 saturated carbocycles. The molecule has 0 aliphatic rings. The third-order valence-corrected chi connectivity index (χ3v) is 2.71. The summed E-state index contributed by atoms with van der Waals surface area (Å²) in [4.78, 5) is 13.2. The fourth-order valence-electron chi connectivity index (χ4n) is 1.94. The molecule has 3 rings (SSSR count). The van der Waals surface area contributed by atoms with Crippen molar-refractivity contribution in [2.24, 2.45) is 0 Å². The number of imidazole rings is 1. The lowest BCUT2D eigenvalue weighted by Gasteiger charge is -2.04. The summed E-state index contributed by atoms with van der Waals surface area (Å²) in [6.45, 7) is 3.92. The van der Waals surface area contributed by atoms with Gasteiger partial charge < -0.3 is 0 Å². The first kappa shape index (κ1) is 9.96. The number of rotatable bonds is 1. The first-order chi connectivity index (χ1) is 8.25. The van der Waals surface area contributed by atoms with Crippen LogP contribution in [0.4, 0.5) is 0 Å². The molecular weight excluding hydrogens is 212 g/mol. The summed E-state index contributed by atoms with van der Waals surface area (Å²) in [5, 5.41) is 0. The number of aromatic nitrogens is 4. The van der Waals surface area contributed by atoms with Gasteiger partial charge in [0.05, 0.1) is 11.0 Å². The van der Waals surface area contributed by atoms with E-state index in [4.69, 9.17) is 0 Å². The number of fused-ring (bicyclic) bond motifs is 1. The lowest BCUT2D eigenvalue weighted by atomic mass is 10.3. The summed E-state index contributed by atoms with van der Waals surface area (Å²) in [6, 6.07) is 9.89. The van der Waals surface area contributed by atoms with Crippen LogP contribution < -0.4 is 0 Å². The Hall–Kier alpha value is -2.23. The number of hydrogen-bond acceptors (Lipinski definition) is 3. The number of hydrogen-bond donors (Lipinski definition) is 0. The Balaban J connectivity index is 2.33. The van der Waals surface area contributed by atoms with Crippen molar-refractivity contribution in [2.45, 2.75) is 13.8 Å². The Morgan fingerprint density at radius 3 is 2.65 bits per heavy atom. The molecule has 0 aliphatic heterocycles. The van der Waals surface area contributed by atoms with E-state index in [1.54, 1.807) is 6.20 Å². The van der Waals surface area contributed by atoms with E-state index in [0.29, 0.717) is 5.95 Å².